The molecule has 31 heavy (non-hydrogen) atoms. The van der Waals surface area contributed by atoms with Crippen molar-refractivity contribution in [2.24, 2.45) is 0 Å². The Morgan fingerprint density at radius 1 is 0.516 bits per heavy atom. The lowest BCUT2D eigenvalue weighted by molar-refractivity contribution is -0.509. The zero-order chi connectivity index (χ0) is 20.7. The van der Waals surface area contributed by atoms with Crippen LogP contribution in [0.5, 0.6) is 0 Å². The minimum atomic E-state index is -1.42. The Hall–Kier alpha value is -3.91. The Morgan fingerprint density at radius 3 is 1.74 bits per heavy atom. The van der Waals surface area contributed by atoms with Crippen molar-refractivity contribution >= 4 is 39.7 Å². The third-order valence-corrected chi connectivity index (χ3v) is 6.73. The molecule has 0 spiro atoms. The average molecular weight is 395 g/mol. The van der Waals surface area contributed by atoms with Gasteiger partial charge in [-0.15, -0.1) is 16.4 Å². The second-order valence-corrected chi connectivity index (χ2v) is 8.31. The van der Waals surface area contributed by atoms with Crippen LogP contribution in [0.25, 0.3) is 22.5 Å². The molecule has 0 radical (unpaired) electrons. The van der Waals surface area contributed by atoms with E-state index in [4.69, 9.17) is 0 Å². The third kappa shape index (κ3) is 2.62. The standard InChI is InChI=1S/C29H22BN/c1-4-12-23(13-5-1)28-22-25-15-10-14-24-16-11-21-31(29(24)25)30(28,26-17-6-2-7-18-26)27-19-8-3-9-20-27/h1-22H. The van der Waals surface area contributed by atoms with E-state index in [0.29, 0.717) is 0 Å². The van der Waals surface area contributed by atoms with Crippen LogP contribution < -0.4 is 15.4 Å². The maximum atomic E-state index is 2.54. The van der Waals surface area contributed by atoms with Crippen LogP contribution in [0.15, 0.2) is 128 Å². The topological polar surface area (TPSA) is 3.88 Å². The second kappa shape index (κ2) is 7.10. The van der Waals surface area contributed by atoms with Crippen LogP contribution in [-0.4, -0.2) is 6.28 Å². The fourth-order valence-corrected chi connectivity index (χ4v) is 5.49. The number of hydrogen-bond donors (Lipinski definition) is 0. The van der Waals surface area contributed by atoms with Gasteiger partial charge < -0.3 is 4.48 Å². The number of para-hydroxylation sites is 1. The van der Waals surface area contributed by atoms with Gasteiger partial charge in [-0.25, -0.2) is 0 Å². The van der Waals surface area contributed by atoms with Crippen LogP contribution in [-0.2, 0) is 0 Å². The van der Waals surface area contributed by atoms with E-state index in [2.05, 4.69) is 138 Å². The monoisotopic (exact) mass is 395 g/mol. The molecule has 5 aromatic rings. The molecule has 1 aliphatic rings. The molecule has 0 atom stereocenters. The van der Waals surface area contributed by atoms with Crippen molar-refractivity contribution in [3.63, 3.8) is 0 Å². The first-order valence-electron chi connectivity index (χ1n) is 10.9. The molecule has 2 heteroatoms. The Morgan fingerprint density at radius 2 is 1.10 bits per heavy atom. The van der Waals surface area contributed by atoms with Gasteiger partial charge in [-0.1, -0.05) is 109 Å². The van der Waals surface area contributed by atoms with Gasteiger partial charge in [-0.2, -0.15) is 0 Å². The molecule has 0 saturated carbocycles. The highest BCUT2D eigenvalue weighted by Crippen LogP contribution is 2.33. The summed E-state index contributed by atoms with van der Waals surface area (Å²) in [6, 6.07) is 43.8. The molecule has 6 rings (SSSR count). The summed E-state index contributed by atoms with van der Waals surface area (Å²) in [7, 11) is 0. The molecular weight excluding hydrogens is 373 g/mol. The lowest BCUT2D eigenvalue weighted by atomic mass is 9.22. The van der Waals surface area contributed by atoms with E-state index in [1.165, 1.54) is 38.4 Å². The van der Waals surface area contributed by atoms with Crippen LogP contribution in [0.4, 0.5) is 0 Å². The molecule has 0 bridgehead atoms. The Bertz CT molecular complexity index is 1360. The fourth-order valence-electron chi connectivity index (χ4n) is 5.49. The number of pyridine rings is 1. The first-order valence-corrected chi connectivity index (χ1v) is 10.9. The van der Waals surface area contributed by atoms with Gasteiger partial charge in [0.1, 0.15) is 6.20 Å². The zero-order valence-electron chi connectivity index (χ0n) is 17.2. The Kier molecular flexibility index (Phi) is 4.10. The quantitative estimate of drug-likeness (QED) is 0.386. The van der Waals surface area contributed by atoms with Gasteiger partial charge in [0, 0.05) is 10.9 Å². The van der Waals surface area contributed by atoms with Gasteiger partial charge in [-0.05, 0) is 24.3 Å². The smallest absolute Gasteiger partial charge is 0.361 e. The summed E-state index contributed by atoms with van der Waals surface area (Å²) in [5, 5.41) is 1.27. The lowest BCUT2D eigenvalue weighted by Crippen LogP contribution is -2.80. The van der Waals surface area contributed by atoms with Gasteiger partial charge in [0.2, 0.25) is 0 Å². The molecule has 4 aromatic carbocycles. The molecule has 146 valence electrons. The lowest BCUT2D eigenvalue weighted by Gasteiger charge is -2.42. The first kappa shape index (κ1) is 17.9. The predicted molar refractivity (Wildman–Crippen MR) is 132 cm³/mol. The molecule has 0 aliphatic carbocycles. The largest absolute Gasteiger partial charge is 0.408 e. The van der Waals surface area contributed by atoms with Crippen LogP contribution in [0.3, 0.4) is 0 Å². The summed E-state index contributed by atoms with van der Waals surface area (Å²) >= 11 is 0. The van der Waals surface area contributed by atoms with E-state index < -0.39 is 6.28 Å². The Labute approximate surface area is 182 Å². The Balaban J connectivity index is 1.84. The SMILES string of the molecule is C1=C(c2ccccc2)[B-](c2ccccc2)(c2ccccc2)[n+]2cccc3cccc1c32. The van der Waals surface area contributed by atoms with Gasteiger partial charge in [-0.3, -0.25) is 0 Å². The number of rotatable bonds is 3. The van der Waals surface area contributed by atoms with Crippen molar-refractivity contribution in [1.82, 2.24) is 0 Å². The van der Waals surface area contributed by atoms with E-state index in [9.17, 15) is 0 Å². The number of hydrogen-bond acceptors (Lipinski definition) is 0. The molecule has 0 saturated heterocycles. The summed E-state index contributed by atoms with van der Waals surface area (Å²) in [4.78, 5) is 0. The molecule has 1 nitrogen and oxygen atoms in total. The third-order valence-electron chi connectivity index (χ3n) is 6.73. The molecule has 2 heterocycles. The van der Waals surface area contributed by atoms with Crippen LogP contribution in [0.2, 0.25) is 0 Å². The van der Waals surface area contributed by atoms with Gasteiger partial charge >= 0.3 is 6.28 Å². The van der Waals surface area contributed by atoms with Crippen molar-refractivity contribution in [3.05, 3.63) is 139 Å². The van der Waals surface area contributed by atoms with Crippen molar-refractivity contribution in [1.29, 1.82) is 0 Å². The molecule has 0 fully saturated rings. The van der Waals surface area contributed by atoms with E-state index >= 15 is 0 Å². The maximum absolute atomic E-state index is 2.54. The summed E-state index contributed by atoms with van der Waals surface area (Å²) in [6.07, 6.45) is 3.26. The normalized spacial score (nSPS) is 14.3. The number of nitrogens with zero attached hydrogens (tertiary/aromatic N) is 1. The molecule has 1 aromatic heterocycles. The van der Waals surface area contributed by atoms with Crippen molar-refractivity contribution in [3.8, 4) is 0 Å². The molecule has 0 N–H and O–H groups in total. The van der Waals surface area contributed by atoms with Crippen molar-refractivity contribution in [2.45, 2.75) is 0 Å². The van der Waals surface area contributed by atoms with Gasteiger partial charge in [0.25, 0.3) is 0 Å². The summed E-state index contributed by atoms with van der Waals surface area (Å²) < 4.78 is 2.54. The van der Waals surface area contributed by atoms with Crippen LogP contribution in [0.1, 0.15) is 11.1 Å². The summed E-state index contributed by atoms with van der Waals surface area (Å²) in [5.41, 5.74) is 7.79. The molecule has 0 amide bonds. The molecular formula is C29H22BN. The average Bonchev–Trinajstić information content (AvgIpc) is 2.86. The minimum Gasteiger partial charge on any atom is -0.408 e. The highest BCUT2D eigenvalue weighted by molar-refractivity contribution is 7.10. The van der Waals surface area contributed by atoms with E-state index in [0.717, 1.165) is 0 Å². The van der Waals surface area contributed by atoms with E-state index in [1.807, 2.05) is 0 Å². The number of benzene rings is 4. The molecule has 1 aliphatic heterocycles. The van der Waals surface area contributed by atoms with Gasteiger partial charge in [0.15, 0.2) is 5.52 Å². The second-order valence-electron chi connectivity index (χ2n) is 8.31. The maximum Gasteiger partial charge on any atom is 0.361 e. The van der Waals surface area contributed by atoms with Crippen LogP contribution in [0, 0.1) is 0 Å². The summed E-state index contributed by atoms with van der Waals surface area (Å²) in [5.74, 6) is 0. The molecule has 0 unspecified atom stereocenters. The van der Waals surface area contributed by atoms with E-state index in [1.54, 1.807) is 0 Å². The first-order chi connectivity index (χ1) is 15.4. The van der Waals surface area contributed by atoms with E-state index in [-0.39, 0.29) is 0 Å². The van der Waals surface area contributed by atoms with Crippen molar-refractivity contribution in [2.75, 3.05) is 0 Å². The number of aromatic nitrogens is 1. The summed E-state index contributed by atoms with van der Waals surface area (Å²) in [6.45, 7) is 0. The highest BCUT2D eigenvalue weighted by atomic mass is 14.9. The van der Waals surface area contributed by atoms with Gasteiger partial charge in [0.05, 0.1) is 0 Å². The zero-order valence-corrected chi connectivity index (χ0v) is 17.2. The fraction of sp³-hybridized carbons (Fsp3) is 0. The minimum absolute atomic E-state index is 1.26. The highest BCUT2D eigenvalue weighted by Gasteiger charge is 2.47. The van der Waals surface area contributed by atoms with Crippen LogP contribution >= 0.6 is 0 Å². The predicted octanol–water partition coefficient (Wildman–Crippen LogP) is 4.83. The van der Waals surface area contributed by atoms with Crippen molar-refractivity contribution < 1.29 is 4.48 Å².